The number of amides is 2. The van der Waals surface area contributed by atoms with Gasteiger partial charge in [0, 0.05) is 31.0 Å². The Balaban J connectivity index is 1.98. The molecule has 5 nitrogen and oxygen atoms in total. The molecule has 2 rings (SSSR count). The van der Waals surface area contributed by atoms with E-state index >= 15 is 0 Å². The first-order chi connectivity index (χ1) is 10.1. The van der Waals surface area contributed by atoms with Gasteiger partial charge in [0.25, 0.3) is 0 Å². The van der Waals surface area contributed by atoms with Gasteiger partial charge in [-0.25, -0.2) is 0 Å². The minimum atomic E-state index is -0.0115. The molecule has 1 aromatic rings. The number of thiophene rings is 1. The van der Waals surface area contributed by atoms with Gasteiger partial charge < -0.3 is 14.5 Å². The van der Waals surface area contributed by atoms with Crippen LogP contribution >= 0.6 is 11.3 Å². The summed E-state index contributed by atoms with van der Waals surface area (Å²) in [6.45, 7) is 3.80. The zero-order chi connectivity index (χ0) is 15.2. The molecule has 0 bridgehead atoms. The van der Waals surface area contributed by atoms with Crippen molar-refractivity contribution < 1.29 is 14.3 Å². The largest absolute Gasteiger partial charge is 0.383 e. The Bertz CT molecular complexity index is 475. The molecule has 1 saturated heterocycles. The fourth-order valence-electron chi connectivity index (χ4n) is 2.45. The van der Waals surface area contributed by atoms with E-state index in [-0.39, 0.29) is 24.4 Å². The lowest BCUT2D eigenvalue weighted by Crippen LogP contribution is -2.43. The van der Waals surface area contributed by atoms with E-state index in [0.29, 0.717) is 26.1 Å². The van der Waals surface area contributed by atoms with Crippen LogP contribution in [0.3, 0.4) is 0 Å². The molecule has 0 aliphatic carbocycles. The van der Waals surface area contributed by atoms with Crippen LogP contribution in [0.25, 0.3) is 0 Å². The van der Waals surface area contributed by atoms with Crippen molar-refractivity contribution in [1.29, 1.82) is 0 Å². The van der Waals surface area contributed by atoms with E-state index in [0.717, 1.165) is 11.3 Å². The lowest BCUT2D eigenvalue weighted by atomic mass is 10.2. The molecule has 1 aliphatic rings. The Hall–Kier alpha value is -1.40. The van der Waals surface area contributed by atoms with Gasteiger partial charge in [-0.3, -0.25) is 9.59 Å². The van der Waals surface area contributed by atoms with Crippen LogP contribution in [0.2, 0.25) is 0 Å². The standard InChI is InChI=1S/C15H22N2O3S/c1-12-5-6-14(18)17(12)11-15(19)16(7-8-20-2)10-13-4-3-9-21-13/h3-4,9,12H,5-8,10-11H2,1-2H3/t12-/m0/s1. The van der Waals surface area contributed by atoms with Crippen molar-refractivity contribution in [3.63, 3.8) is 0 Å². The van der Waals surface area contributed by atoms with Gasteiger partial charge in [0.05, 0.1) is 13.2 Å². The lowest BCUT2D eigenvalue weighted by molar-refractivity contribution is -0.140. The first kappa shape index (κ1) is 16.0. The Morgan fingerprint density at radius 3 is 2.95 bits per heavy atom. The van der Waals surface area contributed by atoms with Gasteiger partial charge in [0.15, 0.2) is 0 Å². The van der Waals surface area contributed by atoms with Gasteiger partial charge in [-0.1, -0.05) is 6.07 Å². The highest BCUT2D eigenvalue weighted by atomic mass is 32.1. The molecule has 2 amide bonds. The van der Waals surface area contributed by atoms with Gasteiger partial charge >= 0.3 is 0 Å². The minimum Gasteiger partial charge on any atom is -0.383 e. The van der Waals surface area contributed by atoms with E-state index in [4.69, 9.17) is 4.74 Å². The molecular formula is C15H22N2O3S. The SMILES string of the molecule is COCCN(Cc1cccs1)C(=O)CN1C(=O)CC[C@@H]1C. The molecule has 0 unspecified atom stereocenters. The first-order valence-electron chi connectivity index (χ1n) is 7.20. The fraction of sp³-hybridized carbons (Fsp3) is 0.600. The molecule has 0 radical (unpaired) electrons. The van der Waals surface area contributed by atoms with Crippen molar-refractivity contribution >= 4 is 23.2 Å². The number of ether oxygens (including phenoxy) is 1. The smallest absolute Gasteiger partial charge is 0.242 e. The maximum absolute atomic E-state index is 12.5. The number of carbonyl (C=O) groups excluding carboxylic acids is 2. The summed E-state index contributed by atoms with van der Waals surface area (Å²) < 4.78 is 5.08. The predicted molar refractivity (Wildman–Crippen MR) is 82.0 cm³/mol. The van der Waals surface area contributed by atoms with Crippen molar-refractivity contribution in [1.82, 2.24) is 9.80 Å². The zero-order valence-electron chi connectivity index (χ0n) is 12.6. The molecule has 116 valence electrons. The predicted octanol–water partition coefficient (Wildman–Crippen LogP) is 1.73. The average Bonchev–Trinajstić information content (AvgIpc) is 3.08. The van der Waals surface area contributed by atoms with Crippen molar-refractivity contribution in [3.8, 4) is 0 Å². The summed E-state index contributed by atoms with van der Waals surface area (Å²) >= 11 is 1.63. The van der Waals surface area contributed by atoms with Gasteiger partial charge in [-0.2, -0.15) is 0 Å². The molecule has 0 N–H and O–H groups in total. The number of rotatable bonds is 7. The monoisotopic (exact) mass is 310 g/mol. The highest BCUT2D eigenvalue weighted by molar-refractivity contribution is 7.09. The Morgan fingerprint density at radius 2 is 2.38 bits per heavy atom. The Labute approximate surface area is 129 Å². The van der Waals surface area contributed by atoms with Crippen molar-refractivity contribution in [2.24, 2.45) is 0 Å². The fourth-order valence-corrected chi connectivity index (χ4v) is 3.17. The normalized spacial score (nSPS) is 18.3. The van der Waals surface area contributed by atoms with Gasteiger partial charge in [-0.05, 0) is 24.8 Å². The number of likely N-dealkylation sites (tertiary alicyclic amines) is 1. The van der Waals surface area contributed by atoms with Crippen LogP contribution in [0.15, 0.2) is 17.5 Å². The Morgan fingerprint density at radius 1 is 1.57 bits per heavy atom. The van der Waals surface area contributed by atoms with Crippen molar-refractivity contribution in [2.45, 2.75) is 32.4 Å². The summed E-state index contributed by atoms with van der Waals surface area (Å²) in [5.74, 6) is 0.0706. The van der Waals surface area contributed by atoms with E-state index in [1.54, 1.807) is 28.2 Å². The van der Waals surface area contributed by atoms with E-state index < -0.39 is 0 Å². The molecule has 0 aromatic carbocycles. The van der Waals surface area contributed by atoms with E-state index in [1.807, 2.05) is 24.4 Å². The third kappa shape index (κ3) is 4.28. The highest BCUT2D eigenvalue weighted by Crippen LogP contribution is 2.18. The molecule has 21 heavy (non-hydrogen) atoms. The molecule has 0 saturated carbocycles. The molecule has 2 heterocycles. The van der Waals surface area contributed by atoms with Crippen LogP contribution in [-0.4, -0.2) is 54.5 Å². The van der Waals surface area contributed by atoms with E-state index in [9.17, 15) is 9.59 Å². The quantitative estimate of drug-likeness (QED) is 0.771. The van der Waals surface area contributed by atoms with Crippen molar-refractivity contribution in [2.75, 3.05) is 26.8 Å². The molecule has 1 aromatic heterocycles. The number of hydrogen-bond acceptors (Lipinski definition) is 4. The third-order valence-electron chi connectivity index (χ3n) is 3.78. The second-order valence-corrected chi connectivity index (χ2v) is 6.33. The van der Waals surface area contributed by atoms with E-state index in [1.165, 1.54) is 0 Å². The number of hydrogen-bond donors (Lipinski definition) is 0. The minimum absolute atomic E-state index is 0.0115. The zero-order valence-corrected chi connectivity index (χ0v) is 13.4. The topological polar surface area (TPSA) is 49.9 Å². The van der Waals surface area contributed by atoms with Gasteiger partial charge in [0.1, 0.15) is 6.54 Å². The molecule has 1 fully saturated rings. The molecule has 6 heteroatoms. The van der Waals surface area contributed by atoms with Crippen LogP contribution in [0.5, 0.6) is 0 Å². The number of nitrogens with zero attached hydrogens (tertiary/aromatic N) is 2. The van der Waals surface area contributed by atoms with Crippen molar-refractivity contribution in [3.05, 3.63) is 22.4 Å². The average molecular weight is 310 g/mol. The van der Waals surface area contributed by atoms with Gasteiger partial charge in [0.2, 0.25) is 11.8 Å². The lowest BCUT2D eigenvalue weighted by Gasteiger charge is -2.27. The summed E-state index contributed by atoms with van der Waals surface area (Å²) in [4.78, 5) is 28.9. The molecule has 1 aliphatic heterocycles. The summed E-state index contributed by atoms with van der Waals surface area (Å²) in [6, 6.07) is 4.15. The third-order valence-corrected chi connectivity index (χ3v) is 4.64. The maximum atomic E-state index is 12.5. The molecular weight excluding hydrogens is 288 g/mol. The highest BCUT2D eigenvalue weighted by Gasteiger charge is 2.30. The van der Waals surface area contributed by atoms with E-state index in [2.05, 4.69) is 0 Å². The molecule has 1 atom stereocenters. The number of carbonyl (C=O) groups is 2. The summed E-state index contributed by atoms with van der Waals surface area (Å²) in [7, 11) is 1.62. The first-order valence-corrected chi connectivity index (χ1v) is 8.08. The Kier molecular flexibility index (Phi) is 5.76. The summed E-state index contributed by atoms with van der Waals surface area (Å²) in [5, 5.41) is 2.00. The molecule has 0 spiro atoms. The van der Waals surface area contributed by atoms with Crippen LogP contribution in [0.4, 0.5) is 0 Å². The van der Waals surface area contributed by atoms with Crippen LogP contribution < -0.4 is 0 Å². The van der Waals surface area contributed by atoms with Crippen LogP contribution in [0.1, 0.15) is 24.6 Å². The summed E-state index contributed by atoms with van der Waals surface area (Å²) in [6.07, 6.45) is 1.40. The number of methoxy groups -OCH3 is 1. The second kappa shape index (κ2) is 7.56. The summed E-state index contributed by atoms with van der Waals surface area (Å²) in [5.41, 5.74) is 0. The van der Waals surface area contributed by atoms with Crippen LogP contribution in [0, 0.1) is 0 Å². The second-order valence-electron chi connectivity index (χ2n) is 5.30. The van der Waals surface area contributed by atoms with Crippen LogP contribution in [-0.2, 0) is 20.9 Å². The van der Waals surface area contributed by atoms with Gasteiger partial charge in [-0.15, -0.1) is 11.3 Å². The maximum Gasteiger partial charge on any atom is 0.242 e.